The quantitative estimate of drug-likeness (QED) is 0.626. The molecule has 1 fully saturated rings. The van der Waals surface area contributed by atoms with E-state index in [0.717, 1.165) is 54.5 Å². The maximum Gasteiger partial charge on any atom is 0.229 e. The first-order chi connectivity index (χ1) is 13.6. The molecule has 0 aliphatic carbocycles. The van der Waals surface area contributed by atoms with Gasteiger partial charge in [0.1, 0.15) is 17.4 Å². The standard InChI is InChI=1S/C20H24N6O2/c1-13-12-22-19(23-13)16-4-3-14(11-17(16)28-2)24-20-21-8-5-18(25-20)26-9-6-15(27)7-10-26/h3-5,8,11-12,15,27H,6-7,9-10H2,1-2H3,(H,22,23)(H,21,24,25). The highest BCUT2D eigenvalue weighted by molar-refractivity contribution is 5.70. The fourth-order valence-corrected chi connectivity index (χ4v) is 3.32. The Bertz CT molecular complexity index is 949. The second kappa shape index (κ2) is 7.85. The topological polar surface area (TPSA) is 99.2 Å². The van der Waals surface area contributed by atoms with Crippen molar-refractivity contribution in [3.8, 4) is 17.1 Å². The molecule has 8 heteroatoms. The van der Waals surface area contributed by atoms with Crippen molar-refractivity contribution in [3.05, 3.63) is 42.4 Å². The van der Waals surface area contributed by atoms with Gasteiger partial charge in [0.2, 0.25) is 5.95 Å². The van der Waals surface area contributed by atoms with Crippen LogP contribution >= 0.6 is 0 Å². The number of ether oxygens (including phenoxy) is 1. The van der Waals surface area contributed by atoms with Gasteiger partial charge in [-0.05, 0) is 38.0 Å². The monoisotopic (exact) mass is 380 g/mol. The van der Waals surface area contributed by atoms with E-state index < -0.39 is 0 Å². The van der Waals surface area contributed by atoms with Crippen molar-refractivity contribution >= 4 is 17.5 Å². The maximum atomic E-state index is 9.69. The van der Waals surface area contributed by atoms with Crippen molar-refractivity contribution in [2.75, 3.05) is 30.4 Å². The molecule has 8 nitrogen and oxygen atoms in total. The number of hydrogen-bond acceptors (Lipinski definition) is 7. The average molecular weight is 380 g/mol. The van der Waals surface area contributed by atoms with Crippen LogP contribution in [0.4, 0.5) is 17.5 Å². The number of benzene rings is 1. The first-order valence-corrected chi connectivity index (χ1v) is 9.35. The molecule has 146 valence electrons. The number of aryl methyl sites for hydroxylation is 1. The number of piperidine rings is 1. The zero-order valence-electron chi connectivity index (χ0n) is 16.0. The number of rotatable bonds is 5. The molecule has 3 aromatic rings. The van der Waals surface area contributed by atoms with Crippen LogP contribution in [0.3, 0.4) is 0 Å². The van der Waals surface area contributed by atoms with Gasteiger partial charge in [0.15, 0.2) is 0 Å². The highest BCUT2D eigenvalue weighted by atomic mass is 16.5. The van der Waals surface area contributed by atoms with Crippen LogP contribution in [0.15, 0.2) is 36.7 Å². The molecule has 1 saturated heterocycles. The molecular formula is C20H24N6O2. The molecule has 2 aromatic heterocycles. The minimum atomic E-state index is -0.209. The smallest absolute Gasteiger partial charge is 0.229 e. The fraction of sp³-hybridized carbons (Fsp3) is 0.350. The Hall–Kier alpha value is -3.13. The summed E-state index contributed by atoms with van der Waals surface area (Å²) in [6, 6.07) is 7.70. The van der Waals surface area contributed by atoms with Crippen LogP contribution in [0, 0.1) is 6.92 Å². The van der Waals surface area contributed by atoms with Crippen LogP contribution in [0.1, 0.15) is 18.5 Å². The lowest BCUT2D eigenvalue weighted by Crippen LogP contribution is -2.36. The molecule has 0 amide bonds. The molecule has 3 heterocycles. The maximum absolute atomic E-state index is 9.69. The number of H-pyrrole nitrogens is 1. The highest BCUT2D eigenvalue weighted by Gasteiger charge is 2.18. The predicted molar refractivity (Wildman–Crippen MR) is 108 cm³/mol. The van der Waals surface area contributed by atoms with Gasteiger partial charge in [-0.1, -0.05) is 0 Å². The van der Waals surface area contributed by atoms with Gasteiger partial charge in [-0.2, -0.15) is 4.98 Å². The Morgan fingerprint density at radius 1 is 1.21 bits per heavy atom. The SMILES string of the molecule is COc1cc(Nc2nccc(N3CCC(O)CC3)n2)ccc1-c1ncc(C)[nH]1. The number of nitrogens with one attached hydrogen (secondary N) is 2. The van der Waals surface area contributed by atoms with Crippen LogP contribution in [-0.2, 0) is 0 Å². The van der Waals surface area contributed by atoms with Crippen LogP contribution in [0.25, 0.3) is 11.4 Å². The van der Waals surface area contributed by atoms with Crippen LogP contribution < -0.4 is 15.0 Å². The second-order valence-corrected chi connectivity index (χ2v) is 6.91. The fourth-order valence-electron chi connectivity index (χ4n) is 3.32. The van der Waals surface area contributed by atoms with Gasteiger partial charge in [0, 0.05) is 42.9 Å². The Labute approximate surface area is 163 Å². The molecule has 1 aliphatic rings. The van der Waals surface area contributed by atoms with E-state index in [1.165, 1.54) is 0 Å². The summed E-state index contributed by atoms with van der Waals surface area (Å²) in [5, 5.41) is 12.9. The summed E-state index contributed by atoms with van der Waals surface area (Å²) >= 11 is 0. The lowest BCUT2D eigenvalue weighted by atomic mass is 10.1. The van der Waals surface area contributed by atoms with Crippen LogP contribution in [-0.4, -0.2) is 51.3 Å². The lowest BCUT2D eigenvalue weighted by Gasteiger charge is -2.30. The molecule has 28 heavy (non-hydrogen) atoms. The van der Waals surface area contributed by atoms with Gasteiger partial charge in [0.05, 0.1) is 18.8 Å². The van der Waals surface area contributed by atoms with Crippen LogP contribution in [0.2, 0.25) is 0 Å². The molecule has 1 aromatic carbocycles. The van der Waals surface area contributed by atoms with E-state index in [9.17, 15) is 5.11 Å². The highest BCUT2D eigenvalue weighted by Crippen LogP contribution is 2.31. The first kappa shape index (κ1) is 18.2. The lowest BCUT2D eigenvalue weighted by molar-refractivity contribution is 0.145. The number of anilines is 3. The number of aliphatic hydroxyl groups excluding tert-OH is 1. The molecule has 0 spiro atoms. The van der Waals surface area contributed by atoms with Gasteiger partial charge in [0.25, 0.3) is 0 Å². The third-order valence-electron chi connectivity index (χ3n) is 4.85. The molecule has 0 bridgehead atoms. The number of methoxy groups -OCH3 is 1. The summed E-state index contributed by atoms with van der Waals surface area (Å²) in [5.41, 5.74) is 2.72. The van der Waals surface area contributed by atoms with Crippen molar-refractivity contribution < 1.29 is 9.84 Å². The van der Waals surface area contributed by atoms with Crippen molar-refractivity contribution in [3.63, 3.8) is 0 Å². The van der Waals surface area contributed by atoms with E-state index in [4.69, 9.17) is 4.74 Å². The third kappa shape index (κ3) is 3.91. The van der Waals surface area contributed by atoms with Crippen molar-refractivity contribution in [2.45, 2.75) is 25.9 Å². The number of imidazole rings is 1. The third-order valence-corrected chi connectivity index (χ3v) is 4.85. The Balaban J connectivity index is 1.53. The summed E-state index contributed by atoms with van der Waals surface area (Å²) in [4.78, 5) is 18.7. The predicted octanol–water partition coefficient (Wildman–Crippen LogP) is 2.89. The molecule has 3 N–H and O–H groups in total. The number of aromatic nitrogens is 4. The molecule has 0 unspecified atom stereocenters. The van der Waals surface area contributed by atoms with Gasteiger partial charge in [-0.25, -0.2) is 9.97 Å². The number of hydrogen-bond donors (Lipinski definition) is 3. The van der Waals surface area contributed by atoms with Crippen molar-refractivity contribution in [1.82, 2.24) is 19.9 Å². The number of aliphatic hydroxyl groups is 1. The summed E-state index contributed by atoms with van der Waals surface area (Å²) < 4.78 is 5.54. The summed E-state index contributed by atoms with van der Waals surface area (Å²) in [7, 11) is 1.64. The Morgan fingerprint density at radius 2 is 2.04 bits per heavy atom. The summed E-state index contributed by atoms with van der Waals surface area (Å²) in [6.45, 7) is 3.55. The minimum Gasteiger partial charge on any atom is -0.496 e. The molecule has 1 aliphatic heterocycles. The Morgan fingerprint density at radius 3 is 2.75 bits per heavy atom. The molecule has 0 saturated carbocycles. The van der Waals surface area contributed by atoms with E-state index in [1.807, 2.05) is 31.2 Å². The second-order valence-electron chi connectivity index (χ2n) is 6.91. The number of nitrogens with zero attached hydrogens (tertiary/aromatic N) is 4. The molecule has 4 rings (SSSR count). The van der Waals surface area contributed by atoms with E-state index in [0.29, 0.717) is 11.7 Å². The van der Waals surface area contributed by atoms with Gasteiger partial charge < -0.3 is 25.0 Å². The first-order valence-electron chi connectivity index (χ1n) is 9.35. The van der Waals surface area contributed by atoms with Crippen molar-refractivity contribution in [2.24, 2.45) is 0 Å². The van der Waals surface area contributed by atoms with E-state index in [-0.39, 0.29) is 6.10 Å². The van der Waals surface area contributed by atoms with Gasteiger partial charge >= 0.3 is 0 Å². The van der Waals surface area contributed by atoms with Crippen LogP contribution in [0.5, 0.6) is 5.75 Å². The molecule has 0 atom stereocenters. The van der Waals surface area contributed by atoms with Gasteiger partial charge in [-0.15, -0.1) is 0 Å². The van der Waals surface area contributed by atoms with Crippen molar-refractivity contribution in [1.29, 1.82) is 0 Å². The Kier molecular flexibility index (Phi) is 5.12. The molecule has 0 radical (unpaired) electrons. The summed E-state index contributed by atoms with van der Waals surface area (Å²) in [5.74, 6) is 2.86. The van der Waals surface area contributed by atoms with E-state index >= 15 is 0 Å². The van der Waals surface area contributed by atoms with Gasteiger partial charge in [-0.3, -0.25) is 0 Å². The number of aromatic amines is 1. The average Bonchev–Trinajstić information content (AvgIpc) is 3.15. The van der Waals surface area contributed by atoms with E-state index in [2.05, 4.69) is 30.2 Å². The largest absolute Gasteiger partial charge is 0.496 e. The minimum absolute atomic E-state index is 0.209. The summed E-state index contributed by atoms with van der Waals surface area (Å²) in [6.07, 6.45) is 4.85. The van der Waals surface area contributed by atoms with E-state index in [1.54, 1.807) is 19.5 Å². The zero-order valence-corrected chi connectivity index (χ0v) is 16.0. The zero-order chi connectivity index (χ0) is 19.5. The normalized spacial score (nSPS) is 14.9. The molecular weight excluding hydrogens is 356 g/mol.